The maximum atomic E-state index is 13.1. The first kappa shape index (κ1) is 19.8. The number of anilines is 1. The topological polar surface area (TPSA) is 61.4 Å². The fourth-order valence-electron chi connectivity index (χ4n) is 6.57. The molecule has 160 valence electrons. The Kier molecular flexibility index (Phi) is 5.37. The first-order valence-electron chi connectivity index (χ1n) is 11.7. The lowest BCUT2D eigenvalue weighted by Crippen LogP contribution is -2.56. The number of sulfonamides is 1. The van der Waals surface area contributed by atoms with Gasteiger partial charge in [0.15, 0.2) is 0 Å². The highest BCUT2D eigenvalue weighted by Crippen LogP contribution is 2.39. The zero-order valence-corrected chi connectivity index (χ0v) is 18.5. The normalized spacial score (nSPS) is 28.9. The highest BCUT2D eigenvalue weighted by molar-refractivity contribution is 7.90. The van der Waals surface area contributed by atoms with Crippen molar-refractivity contribution in [1.29, 1.82) is 0 Å². The van der Waals surface area contributed by atoms with Gasteiger partial charge in [-0.05, 0) is 93.0 Å². The van der Waals surface area contributed by atoms with Gasteiger partial charge in [-0.15, -0.1) is 0 Å². The van der Waals surface area contributed by atoms with Crippen molar-refractivity contribution in [3.05, 3.63) is 28.3 Å². The second-order valence-corrected chi connectivity index (χ2v) is 11.5. The summed E-state index contributed by atoms with van der Waals surface area (Å²) >= 11 is 0. The van der Waals surface area contributed by atoms with Gasteiger partial charge in [-0.25, -0.2) is 8.42 Å². The van der Waals surface area contributed by atoms with Gasteiger partial charge in [0.05, 0.1) is 11.9 Å². The molecule has 2 saturated heterocycles. The fraction of sp³-hybridized carbons (Fsp3) is 0.739. The molecule has 0 radical (unpaired) electrons. The Morgan fingerprint density at radius 1 is 0.966 bits per heavy atom. The van der Waals surface area contributed by atoms with Gasteiger partial charge in [-0.1, -0.05) is 19.4 Å². The number of piperidine rings is 2. The third-order valence-corrected chi connectivity index (χ3v) is 9.71. The molecule has 0 spiro atoms. The molecule has 2 fully saturated rings. The van der Waals surface area contributed by atoms with E-state index in [-0.39, 0.29) is 5.25 Å². The smallest absolute Gasteiger partial charge is 0.216 e. The van der Waals surface area contributed by atoms with E-state index >= 15 is 0 Å². The van der Waals surface area contributed by atoms with E-state index in [2.05, 4.69) is 27.9 Å². The highest BCUT2D eigenvalue weighted by atomic mass is 32.2. The summed E-state index contributed by atoms with van der Waals surface area (Å²) in [6.45, 7) is 3.56. The Bertz CT molecular complexity index is 836. The van der Waals surface area contributed by atoms with Crippen LogP contribution in [0.15, 0.2) is 6.07 Å². The van der Waals surface area contributed by atoms with Crippen LogP contribution >= 0.6 is 0 Å². The molecule has 2 bridgehead atoms. The lowest BCUT2D eigenvalue weighted by atomic mass is 9.84. The van der Waals surface area contributed by atoms with Gasteiger partial charge in [-0.3, -0.25) is 4.90 Å². The van der Waals surface area contributed by atoms with Crippen LogP contribution in [0.25, 0.3) is 0 Å². The molecule has 5 rings (SSSR count). The molecule has 0 unspecified atom stereocenters. The highest BCUT2D eigenvalue weighted by Gasteiger charge is 2.42. The maximum absolute atomic E-state index is 13.1. The summed E-state index contributed by atoms with van der Waals surface area (Å²) in [6, 6.07) is 3.31. The van der Waals surface area contributed by atoms with Gasteiger partial charge < -0.3 is 5.32 Å². The van der Waals surface area contributed by atoms with E-state index in [4.69, 9.17) is 0 Å². The van der Waals surface area contributed by atoms with Crippen molar-refractivity contribution in [2.75, 3.05) is 18.5 Å². The number of hydrogen-bond acceptors (Lipinski definition) is 4. The number of nitrogens with zero attached hydrogens (tertiary/aromatic N) is 1. The molecule has 2 N–H and O–H groups in total. The predicted molar refractivity (Wildman–Crippen MR) is 118 cm³/mol. The molecule has 0 aromatic heterocycles. The van der Waals surface area contributed by atoms with Crippen LogP contribution in [-0.2, 0) is 35.7 Å². The van der Waals surface area contributed by atoms with E-state index in [1.807, 2.05) is 0 Å². The Morgan fingerprint density at radius 3 is 2.17 bits per heavy atom. The summed E-state index contributed by atoms with van der Waals surface area (Å²) < 4.78 is 29.1. The standard InChI is InChI=1S/C23H35N3O2S/c1-2-26-18-8-5-9-19(26)14-20(13-18)29(27,28)25-15-24-23-21-10-3-6-16(21)12-17-7-4-11-22(17)23/h12,18-20,24-25H,2-11,13-15H2,1H3/t18-,19+,20+. The number of aryl methyl sites for hydroxylation is 2. The third kappa shape index (κ3) is 3.61. The summed E-state index contributed by atoms with van der Waals surface area (Å²) in [4.78, 5) is 2.55. The van der Waals surface area contributed by atoms with Gasteiger partial charge in [0.25, 0.3) is 0 Å². The van der Waals surface area contributed by atoms with Gasteiger partial charge in [-0.2, -0.15) is 4.72 Å². The van der Waals surface area contributed by atoms with Crippen LogP contribution in [0.3, 0.4) is 0 Å². The van der Waals surface area contributed by atoms with E-state index in [9.17, 15) is 8.42 Å². The van der Waals surface area contributed by atoms with E-state index < -0.39 is 10.0 Å². The zero-order chi connectivity index (χ0) is 20.0. The number of rotatable bonds is 6. The molecule has 0 amide bonds. The van der Waals surface area contributed by atoms with Crippen molar-refractivity contribution >= 4 is 15.7 Å². The second kappa shape index (κ2) is 7.86. The molecule has 4 aliphatic rings. The van der Waals surface area contributed by atoms with Crippen LogP contribution in [0.2, 0.25) is 0 Å². The molecule has 3 atom stereocenters. The van der Waals surface area contributed by atoms with Gasteiger partial charge in [0, 0.05) is 17.8 Å². The minimum Gasteiger partial charge on any atom is -0.371 e. The Labute approximate surface area is 175 Å². The van der Waals surface area contributed by atoms with Crippen molar-refractivity contribution in [3.63, 3.8) is 0 Å². The van der Waals surface area contributed by atoms with Gasteiger partial charge in [0.1, 0.15) is 0 Å². The van der Waals surface area contributed by atoms with E-state index in [0.29, 0.717) is 18.8 Å². The number of nitrogens with one attached hydrogen (secondary N) is 2. The lowest BCUT2D eigenvalue weighted by Gasteiger charge is -2.48. The third-order valence-electron chi connectivity index (χ3n) is 7.90. The Hall–Kier alpha value is -1.11. The molecule has 2 heterocycles. The summed E-state index contributed by atoms with van der Waals surface area (Å²) in [5.74, 6) is 0. The van der Waals surface area contributed by atoms with Crippen molar-refractivity contribution in [2.45, 2.75) is 94.9 Å². The molecule has 1 aromatic rings. The quantitative estimate of drug-likeness (QED) is 0.697. The fourth-order valence-corrected chi connectivity index (χ4v) is 8.03. The van der Waals surface area contributed by atoms with Crippen LogP contribution < -0.4 is 10.0 Å². The molecule has 6 heteroatoms. The summed E-state index contributed by atoms with van der Waals surface area (Å²) in [7, 11) is -3.29. The van der Waals surface area contributed by atoms with Crippen LogP contribution in [-0.4, -0.2) is 43.9 Å². The molecule has 2 aliphatic carbocycles. The maximum Gasteiger partial charge on any atom is 0.216 e. The van der Waals surface area contributed by atoms with Crippen molar-refractivity contribution in [1.82, 2.24) is 9.62 Å². The van der Waals surface area contributed by atoms with Crippen LogP contribution in [0.1, 0.15) is 74.1 Å². The van der Waals surface area contributed by atoms with Crippen molar-refractivity contribution in [2.24, 2.45) is 0 Å². The Balaban J connectivity index is 1.27. The van der Waals surface area contributed by atoms with E-state index in [1.54, 1.807) is 0 Å². The average Bonchev–Trinajstić information content (AvgIpc) is 3.35. The van der Waals surface area contributed by atoms with Gasteiger partial charge >= 0.3 is 0 Å². The molecule has 5 nitrogen and oxygen atoms in total. The second-order valence-electron chi connectivity index (χ2n) is 9.44. The molecule has 1 aromatic carbocycles. The summed E-state index contributed by atoms with van der Waals surface area (Å²) in [6.07, 6.45) is 12.1. The molecular formula is C23H35N3O2S. The van der Waals surface area contributed by atoms with Crippen molar-refractivity contribution < 1.29 is 8.42 Å². The molecule has 29 heavy (non-hydrogen) atoms. The Morgan fingerprint density at radius 2 is 1.59 bits per heavy atom. The first-order chi connectivity index (χ1) is 14.1. The van der Waals surface area contributed by atoms with E-state index in [1.165, 1.54) is 60.0 Å². The molecule has 0 saturated carbocycles. The zero-order valence-electron chi connectivity index (χ0n) is 17.7. The summed E-state index contributed by atoms with van der Waals surface area (Å²) in [5, 5.41) is 3.27. The molecular weight excluding hydrogens is 382 g/mol. The number of benzene rings is 1. The minimum atomic E-state index is -3.29. The SMILES string of the molecule is CCN1[C@@H]2CCC[C@H]1C[C@@H](S(=O)(=O)NCNc1c3c(cc4c1CCC4)CCC3)C2. The molecule has 2 aliphatic heterocycles. The largest absolute Gasteiger partial charge is 0.371 e. The van der Waals surface area contributed by atoms with Crippen LogP contribution in [0, 0.1) is 0 Å². The minimum absolute atomic E-state index is 0.241. The lowest BCUT2D eigenvalue weighted by molar-refractivity contribution is 0.0474. The van der Waals surface area contributed by atoms with Crippen LogP contribution in [0.4, 0.5) is 5.69 Å². The number of fused-ring (bicyclic) bond motifs is 4. The average molecular weight is 418 g/mol. The van der Waals surface area contributed by atoms with Crippen molar-refractivity contribution in [3.8, 4) is 0 Å². The predicted octanol–water partition coefficient (Wildman–Crippen LogP) is 3.36. The summed E-state index contributed by atoms with van der Waals surface area (Å²) in [5.41, 5.74) is 7.09. The van der Waals surface area contributed by atoms with Gasteiger partial charge in [0.2, 0.25) is 10.0 Å². The monoisotopic (exact) mass is 417 g/mol. The number of hydrogen-bond donors (Lipinski definition) is 2. The van der Waals surface area contributed by atoms with E-state index in [0.717, 1.165) is 45.1 Å². The van der Waals surface area contributed by atoms with Crippen LogP contribution in [0.5, 0.6) is 0 Å². The first-order valence-corrected chi connectivity index (χ1v) is 13.3.